The smallest absolute Gasteiger partial charge is 0.338 e. The van der Waals surface area contributed by atoms with Crippen LogP contribution in [0.15, 0.2) is 24.3 Å². The average molecular weight is 228 g/mol. The molecule has 0 radical (unpaired) electrons. The van der Waals surface area contributed by atoms with Gasteiger partial charge in [-0.2, -0.15) is 0 Å². The SMILES string of the molecule is CF.COC(=O)c1ccccc1C(=O)OC. The van der Waals surface area contributed by atoms with Gasteiger partial charge in [-0.25, -0.2) is 9.59 Å². The maximum absolute atomic E-state index is 11.2. The Balaban J connectivity index is 0.00000106. The highest BCUT2D eigenvalue weighted by atomic mass is 19.1. The molecule has 0 unspecified atom stereocenters. The van der Waals surface area contributed by atoms with Crippen molar-refractivity contribution in [3.05, 3.63) is 35.4 Å². The molecule has 0 amide bonds. The quantitative estimate of drug-likeness (QED) is 0.725. The van der Waals surface area contributed by atoms with Gasteiger partial charge in [-0.05, 0) is 12.1 Å². The van der Waals surface area contributed by atoms with E-state index in [1.54, 1.807) is 12.1 Å². The average Bonchev–Trinajstić information content (AvgIpc) is 2.39. The van der Waals surface area contributed by atoms with E-state index in [9.17, 15) is 14.0 Å². The van der Waals surface area contributed by atoms with E-state index in [-0.39, 0.29) is 11.1 Å². The van der Waals surface area contributed by atoms with Gasteiger partial charge in [-0.15, -0.1) is 0 Å². The molecule has 0 aromatic heterocycles. The fourth-order valence-corrected chi connectivity index (χ4v) is 1.06. The third-order valence-electron chi connectivity index (χ3n) is 1.74. The minimum atomic E-state index is -0.550. The number of methoxy groups -OCH3 is 2. The number of alkyl halides is 1. The number of esters is 2. The molecule has 88 valence electrons. The summed E-state index contributed by atoms with van der Waals surface area (Å²) < 4.78 is 18.5. The van der Waals surface area contributed by atoms with Crippen LogP contribution in [0.1, 0.15) is 20.7 Å². The molecule has 1 rings (SSSR count). The van der Waals surface area contributed by atoms with Gasteiger partial charge in [-0.1, -0.05) is 12.1 Å². The van der Waals surface area contributed by atoms with E-state index in [1.165, 1.54) is 26.4 Å². The Hall–Kier alpha value is -1.91. The zero-order valence-corrected chi connectivity index (χ0v) is 9.32. The molecule has 0 atom stereocenters. The number of hydrogen-bond donors (Lipinski definition) is 0. The van der Waals surface area contributed by atoms with Crippen molar-refractivity contribution in [2.45, 2.75) is 0 Å². The predicted octanol–water partition coefficient (Wildman–Crippen LogP) is 1.85. The van der Waals surface area contributed by atoms with Crippen LogP contribution in [0.4, 0.5) is 4.39 Å². The van der Waals surface area contributed by atoms with Gasteiger partial charge >= 0.3 is 11.9 Å². The summed E-state index contributed by atoms with van der Waals surface area (Å²) in [5, 5.41) is 0. The number of rotatable bonds is 2. The Morgan fingerprint density at radius 1 is 0.938 bits per heavy atom. The van der Waals surface area contributed by atoms with E-state index < -0.39 is 11.9 Å². The van der Waals surface area contributed by atoms with Crippen molar-refractivity contribution >= 4 is 11.9 Å². The van der Waals surface area contributed by atoms with E-state index in [1.807, 2.05) is 0 Å². The maximum atomic E-state index is 11.2. The normalized spacial score (nSPS) is 8.50. The molecule has 4 nitrogen and oxygen atoms in total. The van der Waals surface area contributed by atoms with Gasteiger partial charge in [0.05, 0.1) is 32.5 Å². The standard InChI is InChI=1S/C10H10O4.CH3F/c1-13-9(11)7-5-3-4-6-8(7)10(12)14-2;1-2/h3-6H,1-2H3;1H3. The lowest BCUT2D eigenvalue weighted by atomic mass is 10.1. The van der Waals surface area contributed by atoms with E-state index >= 15 is 0 Å². The summed E-state index contributed by atoms with van der Waals surface area (Å²) in [6.07, 6.45) is 0. The Bertz CT molecular complexity index is 328. The molecule has 0 aliphatic rings. The second-order valence-electron chi connectivity index (χ2n) is 2.53. The summed E-state index contributed by atoms with van der Waals surface area (Å²) in [5.74, 6) is -1.10. The molecule has 16 heavy (non-hydrogen) atoms. The Morgan fingerprint density at radius 2 is 1.25 bits per heavy atom. The van der Waals surface area contributed by atoms with Crippen LogP contribution in [0.25, 0.3) is 0 Å². The number of halogens is 1. The van der Waals surface area contributed by atoms with Gasteiger partial charge in [0.15, 0.2) is 0 Å². The lowest BCUT2D eigenvalue weighted by Gasteiger charge is -2.04. The van der Waals surface area contributed by atoms with Gasteiger partial charge in [-0.3, -0.25) is 4.39 Å². The fourth-order valence-electron chi connectivity index (χ4n) is 1.06. The number of carbonyl (C=O) groups excluding carboxylic acids is 2. The van der Waals surface area contributed by atoms with Gasteiger partial charge in [0, 0.05) is 0 Å². The molecule has 0 N–H and O–H groups in total. The van der Waals surface area contributed by atoms with Gasteiger partial charge in [0.25, 0.3) is 0 Å². The van der Waals surface area contributed by atoms with E-state index in [2.05, 4.69) is 9.47 Å². The minimum absolute atomic E-state index is 0.210. The van der Waals surface area contributed by atoms with Crippen LogP contribution in [-0.2, 0) is 9.47 Å². The largest absolute Gasteiger partial charge is 0.465 e. The third-order valence-corrected chi connectivity index (χ3v) is 1.74. The Morgan fingerprint density at radius 3 is 1.50 bits per heavy atom. The third kappa shape index (κ3) is 3.34. The second-order valence-corrected chi connectivity index (χ2v) is 2.53. The molecular formula is C11H13FO4. The van der Waals surface area contributed by atoms with Crippen molar-refractivity contribution in [3.8, 4) is 0 Å². The van der Waals surface area contributed by atoms with Crippen molar-refractivity contribution in [3.63, 3.8) is 0 Å². The summed E-state index contributed by atoms with van der Waals surface area (Å²) in [6, 6.07) is 6.33. The summed E-state index contributed by atoms with van der Waals surface area (Å²) in [7, 11) is 3.02. The first-order valence-electron chi connectivity index (χ1n) is 4.34. The fraction of sp³-hybridized carbons (Fsp3) is 0.273. The maximum Gasteiger partial charge on any atom is 0.338 e. The van der Waals surface area contributed by atoms with Gasteiger partial charge in [0.2, 0.25) is 0 Å². The Kier molecular flexibility index (Phi) is 6.51. The molecule has 0 aliphatic heterocycles. The lowest BCUT2D eigenvalue weighted by molar-refractivity contribution is 0.0555. The second kappa shape index (κ2) is 7.39. The zero-order chi connectivity index (χ0) is 12.6. The summed E-state index contributed by atoms with van der Waals surface area (Å²) in [6.45, 7) is 0. The van der Waals surface area contributed by atoms with Crippen LogP contribution in [0.3, 0.4) is 0 Å². The summed E-state index contributed by atoms with van der Waals surface area (Å²) in [4.78, 5) is 22.4. The van der Waals surface area contributed by atoms with E-state index in [4.69, 9.17) is 0 Å². The number of carbonyl (C=O) groups is 2. The van der Waals surface area contributed by atoms with Crippen molar-refractivity contribution < 1.29 is 23.5 Å². The molecule has 0 saturated heterocycles. The molecular weight excluding hydrogens is 215 g/mol. The molecule has 1 aromatic carbocycles. The monoisotopic (exact) mass is 228 g/mol. The first kappa shape index (κ1) is 14.1. The van der Waals surface area contributed by atoms with Crippen LogP contribution in [0.2, 0.25) is 0 Å². The first-order chi connectivity index (χ1) is 7.70. The van der Waals surface area contributed by atoms with Gasteiger partial charge in [0.1, 0.15) is 0 Å². The zero-order valence-electron chi connectivity index (χ0n) is 9.32. The lowest BCUT2D eigenvalue weighted by Crippen LogP contribution is -2.11. The van der Waals surface area contributed by atoms with Crippen molar-refractivity contribution in [1.29, 1.82) is 0 Å². The number of hydrogen-bond acceptors (Lipinski definition) is 4. The van der Waals surface area contributed by atoms with Crippen LogP contribution >= 0.6 is 0 Å². The van der Waals surface area contributed by atoms with E-state index in [0.717, 1.165) is 0 Å². The molecule has 0 saturated carbocycles. The van der Waals surface area contributed by atoms with Crippen molar-refractivity contribution in [2.75, 3.05) is 21.4 Å². The predicted molar refractivity (Wildman–Crippen MR) is 56.2 cm³/mol. The highest BCUT2D eigenvalue weighted by Crippen LogP contribution is 2.10. The molecule has 5 heteroatoms. The molecule has 0 spiro atoms. The van der Waals surface area contributed by atoms with Crippen LogP contribution in [0, 0.1) is 0 Å². The Labute approximate surface area is 93.0 Å². The number of benzene rings is 1. The first-order valence-corrected chi connectivity index (χ1v) is 4.34. The van der Waals surface area contributed by atoms with Crippen LogP contribution in [0.5, 0.6) is 0 Å². The molecule has 0 bridgehead atoms. The van der Waals surface area contributed by atoms with Crippen LogP contribution in [-0.4, -0.2) is 33.3 Å². The molecule has 0 aliphatic carbocycles. The molecule has 0 fully saturated rings. The molecule has 1 aromatic rings. The van der Waals surface area contributed by atoms with Gasteiger partial charge < -0.3 is 9.47 Å². The highest BCUT2D eigenvalue weighted by molar-refractivity contribution is 6.02. The van der Waals surface area contributed by atoms with Crippen molar-refractivity contribution in [1.82, 2.24) is 0 Å². The van der Waals surface area contributed by atoms with Crippen LogP contribution < -0.4 is 0 Å². The summed E-state index contributed by atoms with van der Waals surface area (Å²) >= 11 is 0. The summed E-state index contributed by atoms with van der Waals surface area (Å²) in [5.41, 5.74) is 0.420. The highest BCUT2D eigenvalue weighted by Gasteiger charge is 2.16. The topological polar surface area (TPSA) is 52.6 Å². The minimum Gasteiger partial charge on any atom is -0.465 e. The van der Waals surface area contributed by atoms with E-state index in [0.29, 0.717) is 7.18 Å². The number of ether oxygens (including phenoxy) is 2. The molecule has 0 heterocycles. The van der Waals surface area contributed by atoms with Crippen molar-refractivity contribution in [2.24, 2.45) is 0 Å².